The molecule has 0 spiro atoms. The fraction of sp³-hybridized carbons (Fsp3) is 0.0122. The fourth-order valence-electron chi connectivity index (χ4n) is 14.6. The molecule has 0 atom stereocenters. The van der Waals surface area contributed by atoms with Crippen molar-refractivity contribution in [1.29, 1.82) is 0 Å². The molecule has 1 aliphatic carbocycles. The van der Waals surface area contributed by atoms with Crippen molar-refractivity contribution in [3.8, 4) is 79.2 Å². The van der Waals surface area contributed by atoms with Gasteiger partial charge in [-0.15, -0.1) is 0 Å². The Kier molecular flexibility index (Phi) is 10.7. The summed E-state index contributed by atoms with van der Waals surface area (Å²) in [6.07, 6.45) is 0.914. The molecule has 414 valence electrons. The molecule has 0 fully saturated rings. The van der Waals surface area contributed by atoms with Crippen LogP contribution in [0.25, 0.3) is 166 Å². The van der Waals surface area contributed by atoms with Gasteiger partial charge in [0, 0.05) is 77.7 Å². The van der Waals surface area contributed by atoms with Crippen LogP contribution >= 0.6 is 0 Å². The third-order valence-corrected chi connectivity index (χ3v) is 18.6. The summed E-state index contributed by atoms with van der Waals surface area (Å²) in [6, 6.07) is 108. The van der Waals surface area contributed by atoms with Gasteiger partial charge in [0.25, 0.3) is 0 Å². The van der Waals surface area contributed by atoms with Crippen molar-refractivity contribution in [2.75, 3.05) is 0 Å². The van der Waals surface area contributed by atoms with Crippen molar-refractivity contribution in [3.05, 3.63) is 308 Å². The lowest BCUT2D eigenvalue weighted by Crippen LogP contribution is -2.06. The Morgan fingerprint density at radius 2 is 0.629 bits per heavy atom. The number of aromatic nitrogens is 7. The number of rotatable bonds is 8. The zero-order valence-electron chi connectivity index (χ0n) is 48.1. The zero-order valence-corrected chi connectivity index (χ0v) is 48.1. The summed E-state index contributed by atoms with van der Waals surface area (Å²) in [5.74, 6) is 1.78. The average Bonchev–Trinajstić information content (AvgIpc) is 1.62. The summed E-state index contributed by atoms with van der Waals surface area (Å²) in [7, 11) is 0. The van der Waals surface area contributed by atoms with Crippen LogP contribution < -0.4 is 0 Å². The molecule has 7 heteroatoms. The molecule has 0 aliphatic heterocycles. The van der Waals surface area contributed by atoms with E-state index in [0.717, 1.165) is 89.3 Å². The number of fused-ring (bicyclic) bond motifs is 16. The summed E-state index contributed by atoms with van der Waals surface area (Å²) >= 11 is 0. The summed E-state index contributed by atoms with van der Waals surface area (Å²) in [5.41, 5.74) is 24.4. The van der Waals surface area contributed by atoms with E-state index in [0.29, 0.717) is 17.6 Å². The van der Waals surface area contributed by atoms with Gasteiger partial charge < -0.3 is 13.7 Å². The first-order valence-corrected chi connectivity index (χ1v) is 30.5. The molecule has 18 aromatic rings. The van der Waals surface area contributed by atoms with Gasteiger partial charge in [-0.05, 0) is 148 Å². The van der Waals surface area contributed by atoms with Gasteiger partial charge in [0.05, 0.1) is 44.1 Å². The van der Waals surface area contributed by atoms with E-state index in [9.17, 15) is 0 Å². The Morgan fingerprint density at radius 3 is 1.18 bits per heavy atom. The van der Waals surface area contributed by atoms with Crippen LogP contribution in [0.3, 0.4) is 0 Å². The first-order valence-electron chi connectivity index (χ1n) is 30.5. The number of hydrogen-bond donors (Lipinski definition) is 0. The monoisotopic (exact) mass is 1130 g/mol. The van der Waals surface area contributed by atoms with Crippen LogP contribution in [0.1, 0.15) is 11.1 Å². The molecular formula is C82H51N7. The van der Waals surface area contributed by atoms with Crippen LogP contribution in [0.2, 0.25) is 0 Å². The van der Waals surface area contributed by atoms with E-state index < -0.39 is 0 Å². The Balaban J connectivity index is 0.821. The normalized spacial score (nSPS) is 12.2. The molecule has 0 saturated heterocycles. The van der Waals surface area contributed by atoms with E-state index in [4.69, 9.17) is 15.0 Å². The maximum Gasteiger partial charge on any atom is 0.238 e. The van der Waals surface area contributed by atoms with Crippen molar-refractivity contribution >= 4 is 87.2 Å². The van der Waals surface area contributed by atoms with Crippen LogP contribution in [0.15, 0.2) is 297 Å². The van der Waals surface area contributed by atoms with Crippen LogP contribution in [0.5, 0.6) is 0 Å². The number of benzene rings is 13. The molecule has 13 aromatic carbocycles. The van der Waals surface area contributed by atoms with Gasteiger partial charge in [-0.1, -0.05) is 194 Å². The van der Waals surface area contributed by atoms with E-state index in [1.54, 1.807) is 0 Å². The lowest BCUT2D eigenvalue weighted by atomic mass is 9.98. The van der Waals surface area contributed by atoms with Crippen molar-refractivity contribution in [3.63, 3.8) is 0 Å². The molecule has 0 unspecified atom stereocenters. The van der Waals surface area contributed by atoms with E-state index in [-0.39, 0.29) is 0 Å². The molecule has 5 heterocycles. The predicted molar refractivity (Wildman–Crippen MR) is 367 cm³/mol. The first-order chi connectivity index (χ1) is 44.1. The Morgan fingerprint density at radius 1 is 0.236 bits per heavy atom. The summed E-state index contributed by atoms with van der Waals surface area (Å²) in [5, 5.41) is 9.41. The van der Waals surface area contributed by atoms with Gasteiger partial charge in [0.1, 0.15) is 0 Å². The highest BCUT2D eigenvalue weighted by Crippen LogP contribution is 2.47. The minimum absolute atomic E-state index is 0.554. The van der Waals surface area contributed by atoms with Gasteiger partial charge in [0.2, 0.25) is 5.95 Å². The lowest BCUT2D eigenvalue weighted by molar-refractivity contribution is 0.954. The van der Waals surface area contributed by atoms with Gasteiger partial charge in [-0.3, -0.25) is 4.57 Å². The van der Waals surface area contributed by atoms with Crippen LogP contribution in [-0.4, -0.2) is 33.2 Å². The standard InChI is InChI=1S/C82H51N7/c1-6-20-51(21-7-1)80-83-81(52-22-8-2-9-23-52)85-82(84-80)89-76-43-37-56(47-68(76)70-50-77-69(49-78(70)89)63-32-18-19-33-72(63)87(77)59-27-12-4-13-28-59)55-35-41-74-67(46-55)66-45-54(34-40-73(66)86(74)58-25-10-3-11-26-58)53-36-42-75-65(44-53)64-39-38-62-61-31-17-16-24-57(61)48-71(62)79(64)88(75)60-29-14-5-15-30-60/h1-47,49-50H,48H2. The second kappa shape index (κ2) is 19.3. The minimum Gasteiger partial charge on any atom is -0.309 e. The maximum absolute atomic E-state index is 5.36. The van der Waals surface area contributed by atoms with Gasteiger partial charge in [-0.25, -0.2) is 4.98 Å². The Bertz CT molecular complexity index is 5860. The van der Waals surface area contributed by atoms with Crippen molar-refractivity contribution in [2.24, 2.45) is 0 Å². The zero-order chi connectivity index (χ0) is 58.3. The van der Waals surface area contributed by atoms with Crippen molar-refractivity contribution in [2.45, 2.75) is 6.42 Å². The maximum atomic E-state index is 5.36. The Labute approximate surface area is 511 Å². The van der Waals surface area contributed by atoms with E-state index in [2.05, 4.69) is 279 Å². The van der Waals surface area contributed by atoms with Gasteiger partial charge in [0.15, 0.2) is 11.6 Å². The highest BCUT2D eigenvalue weighted by molar-refractivity contribution is 6.20. The molecule has 0 amide bonds. The predicted octanol–water partition coefficient (Wildman–Crippen LogP) is 20.5. The summed E-state index contributed by atoms with van der Waals surface area (Å²) in [6.45, 7) is 0. The molecule has 0 radical (unpaired) electrons. The summed E-state index contributed by atoms with van der Waals surface area (Å²) < 4.78 is 9.57. The van der Waals surface area contributed by atoms with E-state index >= 15 is 0 Å². The lowest BCUT2D eigenvalue weighted by Gasteiger charge is -2.11. The second-order valence-corrected chi connectivity index (χ2v) is 23.5. The molecule has 1 aliphatic rings. The van der Waals surface area contributed by atoms with Crippen LogP contribution in [-0.2, 0) is 6.42 Å². The average molecular weight is 1130 g/mol. The molecule has 0 bridgehead atoms. The largest absolute Gasteiger partial charge is 0.309 e. The van der Waals surface area contributed by atoms with Crippen LogP contribution in [0.4, 0.5) is 0 Å². The quantitative estimate of drug-likeness (QED) is 0.152. The molecule has 89 heavy (non-hydrogen) atoms. The highest BCUT2D eigenvalue weighted by Gasteiger charge is 2.27. The molecule has 5 aromatic heterocycles. The third-order valence-electron chi connectivity index (χ3n) is 18.6. The third kappa shape index (κ3) is 7.55. The van der Waals surface area contributed by atoms with Gasteiger partial charge in [-0.2, -0.15) is 9.97 Å². The molecule has 19 rings (SSSR count). The molecule has 0 saturated carbocycles. The van der Waals surface area contributed by atoms with Crippen LogP contribution in [0, 0.1) is 0 Å². The molecule has 7 nitrogen and oxygen atoms in total. The number of nitrogens with zero attached hydrogens (tertiary/aromatic N) is 7. The summed E-state index contributed by atoms with van der Waals surface area (Å²) in [4.78, 5) is 15.8. The highest BCUT2D eigenvalue weighted by atomic mass is 15.2. The van der Waals surface area contributed by atoms with E-state index in [1.165, 1.54) is 77.0 Å². The minimum atomic E-state index is 0.554. The molecular weight excluding hydrogens is 1080 g/mol. The van der Waals surface area contributed by atoms with Crippen molar-refractivity contribution in [1.82, 2.24) is 33.2 Å². The molecule has 0 N–H and O–H groups in total. The SMILES string of the molecule is c1ccc(-c2nc(-c3ccccc3)nc(-n3c4ccc(-c5ccc6c(c5)c5cc(-c7ccc8c(c7)c7ccc9c(c7n8-c7ccccc7)Cc7ccccc7-9)ccc5n6-c5ccccc5)cc4c4cc5c(cc43)c3ccccc3n5-c3ccccc3)n2)cc1. The van der Waals surface area contributed by atoms with E-state index in [1.807, 2.05) is 36.4 Å². The first kappa shape index (κ1) is 49.3. The van der Waals surface area contributed by atoms with Crippen molar-refractivity contribution < 1.29 is 0 Å². The number of hydrogen-bond acceptors (Lipinski definition) is 3. The Hall–Kier alpha value is -11.9. The fourth-order valence-corrected chi connectivity index (χ4v) is 14.6. The van der Waals surface area contributed by atoms with Gasteiger partial charge >= 0.3 is 0 Å². The smallest absolute Gasteiger partial charge is 0.238 e. The number of para-hydroxylation sites is 4. The topological polar surface area (TPSA) is 58.4 Å². The second-order valence-electron chi connectivity index (χ2n) is 23.5.